The van der Waals surface area contributed by atoms with Crippen molar-refractivity contribution in [3.63, 3.8) is 0 Å². The number of carbonyl (C=O) groups is 1. The van der Waals surface area contributed by atoms with Crippen molar-refractivity contribution in [2.45, 2.75) is 129 Å². The van der Waals surface area contributed by atoms with Gasteiger partial charge in [0.1, 0.15) is 6.10 Å². The number of aliphatic hydroxyl groups is 2. The van der Waals surface area contributed by atoms with E-state index in [1.165, 1.54) is 64.2 Å². The van der Waals surface area contributed by atoms with Crippen molar-refractivity contribution >= 4 is 5.91 Å². The normalized spacial score (nSPS) is 15.2. The summed E-state index contributed by atoms with van der Waals surface area (Å²) in [5, 5.41) is 23.3. The molecule has 0 saturated carbocycles. The number of unbranched alkanes of at least 4 members (excludes halogenated alkanes) is 11. The van der Waals surface area contributed by atoms with Gasteiger partial charge < -0.3 is 21.3 Å². The molecule has 0 saturated heterocycles. The molecule has 1 amide bonds. The topological polar surface area (TPSA) is 95.6 Å². The van der Waals surface area contributed by atoms with Gasteiger partial charge >= 0.3 is 0 Å². The summed E-state index contributed by atoms with van der Waals surface area (Å²) in [6.45, 7) is 7.79. The SMILES string of the molecule is CCCCCCCCCCCCCC[C@H](O)[C@@H](O)[C@H](CN)NC(=O)C(C)(C)C. The fourth-order valence-electron chi connectivity index (χ4n) is 3.30. The van der Waals surface area contributed by atoms with E-state index in [0.29, 0.717) is 6.42 Å². The molecule has 168 valence electrons. The number of hydrogen-bond acceptors (Lipinski definition) is 4. The Morgan fingerprint density at radius 3 is 1.68 bits per heavy atom. The van der Waals surface area contributed by atoms with E-state index >= 15 is 0 Å². The molecule has 0 bridgehead atoms. The summed E-state index contributed by atoms with van der Waals surface area (Å²) < 4.78 is 0. The highest BCUT2D eigenvalue weighted by molar-refractivity contribution is 5.81. The summed E-state index contributed by atoms with van der Waals surface area (Å²) in [7, 11) is 0. The van der Waals surface area contributed by atoms with Gasteiger partial charge in [-0.05, 0) is 6.42 Å². The average molecular weight is 401 g/mol. The molecule has 0 heterocycles. The molecule has 0 unspecified atom stereocenters. The molecule has 28 heavy (non-hydrogen) atoms. The Hall–Kier alpha value is -0.650. The average Bonchev–Trinajstić information content (AvgIpc) is 2.65. The van der Waals surface area contributed by atoms with Crippen molar-refractivity contribution in [2.24, 2.45) is 11.1 Å². The number of nitrogens with one attached hydrogen (secondary N) is 1. The van der Waals surface area contributed by atoms with Crippen LogP contribution in [0.5, 0.6) is 0 Å². The van der Waals surface area contributed by atoms with Crippen LogP contribution in [0.2, 0.25) is 0 Å². The Morgan fingerprint density at radius 1 is 0.857 bits per heavy atom. The molecule has 0 aromatic carbocycles. The van der Waals surface area contributed by atoms with E-state index in [2.05, 4.69) is 12.2 Å². The standard InChI is InChI=1S/C23H48N2O3/c1-5-6-7-8-9-10-11-12-13-14-15-16-17-20(26)21(27)19(18-24)25-22(28)23(2,3)4/h19-21,26-27H,5-18,24H2,1-4H3,(H,25,28)/t19-,20-,21-/m0/s1. The highest BCUT2D eigenvalue weighted by atomic mass is 16.3. The molecule has 5 nitrogen and oxygen atoms in total. The quantitative estimate of drug-likeness (QED) is 0.274. The number of carbonyl (C=O) groups excluding carboxylic acids is 1. The van der Waals surface area contributed by atoms with Crippen LogP contribution in [-0.2, 0) is 4.79 Å². The zero-order valence-electron chi connectivity index (χ0n) is 19.0. The van der Waals surface area contributed by atoms with E-state index in [1.54, 1.807) is 0 Å². The molecule has 5 N–H and O–H groups in total. The first-order valence-corrected chi connectivity index (χ1v) is 11.6. The minimum atomic E-state index is -1.02. The molecular weight excluding hydrogens is 352 g/mol. The van der Waals surface area contributed by atoms with E-state index < -0.39 is 23.7 Å². The van der Waals surface area contributed by atoms with Crippen molar-refractivity contribution in [3.8, 4) is 0 Å². The van der Waals surface area contributed by atoms with Gasteiger partial charge in [0.2, 0.25) is 5.91 Å². The van der Waals surface area contributed by atoms with Gasteiger partial charge in [-0.1, -0.05) is 105 Å². The minimum absolute atomic E-state index is 0.110. The summed E-state index contributed by atoms with van der Waals surface area (Å²) in [5.74, 6) is -0.167. The van der Waals surface area contributed by atoms with Crippen molar-refractivity contribution in [1.29, 1.82) is 0 Å². The lowest BCUT2D eigenvalue weighted by atomic mass is 9.93. The molecule has 0 aromatic rings. The number of aliphatic hydroxyl groups excluding tert-OH is 2. The third kappa shape index (κ3) is 13.5. The summed E-state index contributed by atoms with van der Waals surface area (Å²) in [6, 6.07) is -0.612. The Balaban J connectivity index is 3.78. The zero-order chi connectivity index (χ0) is 21.4. The third-order valence-corrected chi connectivity index (χ3v) is 5.41. The lowest BCUT2D eigenvalue weighted by molar-refractivity contribution is -0.130. The van der Waals surface area contributed by atoms with Crippen LogP contribution in [0.1, 0.15) is 111 Å². The van der Waals surface area contributed by atoms with Gasteiger partial charge in [0.25, 0.3) is 0 Å². The van der Waals surface area contributed by atoms with E-state index in [-0.39, 0.29) is 12.5 Å². The molecule has 0 rings (SSSR count). The number of rotatable bonds is 17. The van der Waals surface area contributed by atoms with Gasteiger partial charge in [0.05, 0.1) is 12.1 Å². The molecule has 5 heteroatoms. The van der Waals surface area contributed by atoms with Gasteiger partial charge in [0, 0.05) is 12.0 Å². The van der Waals surface area contributed by atoms with Crippen LogP contribution >= 0.6 is 0 Å². The molecule has 0 radical (unpaired) electrons. The summed E-state index contributed by atoms with van der Waals surface area (Å²) in [6.07, 6.45) is 13.9. The van der Waals surface area contributed by atoms with Gasteiger partial charge in [-0.3, -0.25) is 4.79 Å². The number of amides is 1. The first-order chi connectivity index (χ1) is 13.2. The smallest absolute Gasteiger partial charge is 0.225 e. The molecule has 0 aliphatic carbocycles. The van der Waals surface area contributed by atoms with E-state index in [4.69, 9.17) is 5.73 Å². The molecule has 3 atom stereocenters. The summed E-state index contributed by atoms with van der Waals surface area (Å²) in [4.78, 5) is 12.1. The molecular formula is C23H48N2O3. The molecule has 0 aliphatic rings. The monoisotopic (exact) mass is 400 g/mol. The maximum Gasteiger partial charge on any atom is 0.225 e. The summed E-state index contributed by atoms with van der Waals surface area (Å²) >= 11 is 0. The lowest BCUT2D eigenvalue weighted by Crippen LogP contribution is -2.54. The first-order valence-electron chi connectivity index (χ1n) is 11.6. The number of hydrogen-bond donors (Lipinski definition) is 4. The van der Waals surface area contributed by atoms with E-state index in [1.807, 2.05) is 20.8 Å². The maximum absolute atomic E-state index is 12.1. The van der Waals surface area contributed by atoms with Crippen molar-refractivity contribution in [2.75, 3.05) is 6.54 Å². The predicted molar refractivity (Wildman–Crippen MR) is 118 cm³/mol. The maximum atomic E-state index is 12.1. The fraction of sp³-hybridized carbons (Fsp3) is 0.957. The van der Waals surface area contributed by atoms with Crippen molar-refractivity contribution in [1.82, 2.24) is 5.32 Å². The zero-order valence-corrected chi connectivity index (χ0v) is 19.0. The van der Waals surface area contributed by atoms with Gasteiger partial charge in [-0.15, -0.1) is 0 Å². The van der Waals surface area contributed by atoms with Crippen LogP contribution in [0.15, 0.2) is 0 Å². The van der Waals surface area contributed by atoms with Gasteiger partial charge in [0.15, 0.2) is 0 Å². The molecule has 0 aromatic heterocycles. The van der Waals surface area contributed by atoms with Gasteiger partial charge in [-0.25, -0.2) is 0 Å². The van der Waals surface area contributed by atoms with Crippen LogP contribution in [0.25, 0.3) is 0 Å². The lowest BCUT2D eigenvalue weighted by Gasteiger charge is -2.29. The molecule has 0 fully saturated rings. The molecule has 0 spiro atoms. The molecule has 0 aliphatic heterocycles. The van der Waals surface area contributed by atoms with Crippen molar-refractivity contribution < 1.29 is 15.0 Å². The van der Waals surface area contributed by atoms with E-state index in [0.717, 1.165) is 12.8 Å². The minimum Gasteiger partial charge on any atom is -0.390 e. The van der Waals surface area contributed by atoms with Crippen LogP contribution < -0.4 is 11.1 Å². The number of nitrogens with two attached hydrogens (primary N) is 1. The Morgan fingerprint density at radius 2 is 1.29 bits per heavy atom. The second-order valence-corrected chi connectivity index (χ2v) is 9.30. The Bertz CT molecular complexity index is 383. The van der Waals surface area contributed by atoms with Crippen LogP contribution in [0.4, 0.5) is 0 Å². The van der Waals surface area contributed by atoms with E-state index in [9.17, 15) is 15.0 Å². The highest BCUT2D eigenvalue weighted by Gasteiger charge is 2.30. The first kappa shape index (κ1) is 27.4. The van der Waals surface area contributed by atoms with Crippen LogP contribution in [0, 0.1) is 5.41 Å². The largest absolute Gasteiger partial charge is 0.390 e. The summed E-state index contributed by atoms with van der Waals surface area (Å²) in [5.41, 5.74) is 5.14. The van der Waals surface area contributed by atoms with Crippen LogP contribution in [0.3, 0.4) is 0 Å². The third-order valence-electron chi connectivity index (χ3n) is 5.41. The van der Waals surface area contributed by atoms with Gasteiger partial charge in [-0.2, -0.15) is 0 Å². The highest BCUT2D eigenvalue weighted by Crippen LogP contribution is 2.16. The second-order valence-electron chi connectivity index (χ2n) is 9.30. The fourth-order valence-corrected chi connectivity index (χ4v) is 3.30. The second kappa shape index (κ2) is 16.2. The van der Waals surface area contributed by atoms with Crippen molar-refractivity contribution in [3.05, 3.63) is 0 Å². The Kier molecular flexibility index (Phi) is 15.8. The van der Waals surface area contributed by atoms with Crippen LogP contribution in [-0.4, -0.2) is 40.9 Å². The predicted octanol–water partition coefficient (Wildman–Crippen LogP) is 4.29. The Labute approximate surface area is 173 Å².